The molecule has 3 aromatic carbocycles. The number of aliphatic hydroxyl groups excluding tert-OH is 1. The zero-order chi connectivity index (χ0) is 42.7. The number of nitrogens with zero attached hydrogens (tertiary/aromatic N) is 5. The first-order valence-electron chi connectivity index (χ1n) is 21.7. The lowest BCUT2D eigenvalue weighted by atomic mass is 9.88. The summed E-state index contributed by atoms with van der Waals surface area (Å²) in [7, 11) is 0. The van der Waals surface area contributed by atoms with Crippen LogP contribution in [0.3, 0.4) is 0 Å². The Labute approximate surface area is 369 Å². The summed E-state index contributed by atoms with van der Waals surface area (Å²) >= 11 is 5.26. The first-order valence-corrected chi connectivity index (χ1v) is 23.4. The Morgan fingerprint density at radius 2 is 1.77 bits per heavy atom. The summed E-state index contributed by atoms with van der Waals surface area (Å²) in [5, 5.41) is 13.0. The Bertz CT molecular complexity index is 2530. The van der Waals surface area contributed by atoms with Crippen molar-refractivity contribution in [1.82, 2.24) is 29.2 Å². The molecule has 0 unspecified atom stereocenters. The number of fused-ring (bicyclic) bond motifs is 5. The molecule has 0 bridgehead atoms. The van der Waals surface area contributed by atoms with Gasteiger partial charge in [0.2, 0.25) is 5.78 Å². The van der Waals surface area contributed by atoms with Gasteiger partial charge in [0, 0.05) is 16.6 Å². The standard InChI is InChI=1S/C47H57BrN6O6S/c1-30-43(61-29-49-30)33-16-14-32(15-17-33)37(50-46(57)60-47(2,3)4)12-8-20-52-21-18-31(19-22-52)35-27-39-40(28-41(35)59-26-25-58-24-23-55)54-38-13-7-11-36(48)42(38)44(56)51-45(54)53(39)34-9-5-6-10-34/h7,11,13-17,27-29,31,34,37,55H,5-6,8-10,12,18-26H2,1-4H3,(H,50,57)/t37-/m0/s1. The number of halogens is 1. The van der Waals surface area contributed by atoms with Gasteiger partial charge in [-0.05, 0) is 143 Å². The molecule has 1 aliphatic heterocycles. The molecule has 2 fully saturated rings. The van der Waals surface area contributed by atoms with E-state index in [1.54, 1.807) is 11.3 Å². The van der Waals surface area contributed by atoms with Gasteiger partial charge in [-0.15, -0.1) is 11.3 Å². The van der Waals surface area contributed by atoms with Crippen molar-refractivity contribution in [2.75, 3.05) is 46.1 Å². The van der Waals surface area contributed by atoms with E-state index in [1.165, 1.54) is 5.56 Å². The third-order valence-electron chi connectivity index (χ3n) is 12.1. The summed E-state index contributed by atoms with van der Waals surface area (Å²) in [5.41, 5.74) is 8.26. The molecular formula is C47H57BrN6O6S. The fraction of sp³-hybridized carbons (Fsp3) is 0.489. The molecular weight excluding hydrogens is 857 g/mol. The van der Waals surface area contributed by atoms with Gasteiger partial charge >= 0.3 is 6.09 Å². The Morgan fingerprint density at radius 1 is 1.00 bits per heavy atom. The highest BCUT2D eigenvalue weighted by Gasteiger charge is 2.30. The predicted octanol–water partition coefficient (Wildman–Crippen LogP) is 9.73. The zero-order valence-corrected chi connectivity index (χ0v) is 38.0. The first kappa shape index (κ1) is 43.3. The molecule has 1 amide bonds. The molecule has 14 heteroatoms. The summed E-state index contributed by atoms with van der Waals surface area (Å²) in [6, 6.07) is 18.8. The number of rotatable bonds is 15. The first-order chi connectivity index (χ1) is 29.5. The zero-order valence-electron chi connectivity index (χ0n) is 35.6. The van der Waals surface area contributed by atoms with Gasteiger partial charge in [-0.1, -0.05) is 43.2 Å². The largest absolute Gasteiger partial charge is 0.491 e. The number of aromatic nitrogens is 4. The van der Waals surface area contributed by atoms with E-state index in [2.05, 4.69) is 76.5 Å². The number of carbonyl (C=O) groups is 1. The minimum absolute atomic E-state index is 0.0355. The molecule has 12 nitrogen and oxygen atoms in total. The molecule has 0 spiro atoms. The second-order valence-electron chi connectivity index (χ2n) is 17.4. The summed E-state index contributed by atoms with van der Waals surface area (Å²) in [6.07, 6.45) is 7.61. The molecule has 8 rings (SSSR count). The van der Waals surface area contributed by atoms with E-state index in [0.29, 0.717) is 24.4 Å². The molecule has 1 saturated heterocycles. The van der Waals surface area contributed by atoms with Crippen molar-refractivity contribution in [2.24, 2.45) is 0 Å². The van der Waals surface area contributed by atoms with Crippen LogP contribution in [0.2, 0.25) is 0 Å². The molecule has 324 valence electrons. The second kappa shape index (κ2) is 19.0. The van der Waals surface area contributed by atoms with Gasteiger partial charge in [0.1, 0.15) is 18.0 Å². The number of carbonyl (C=O) groups excluding carboxylic acids is 1. The normalized spacial score (nSPS) is 16.2. The average molecular weight is 914 g/mol. The van der Waals surface area contributed by atoms with Gasteiger partial charge in [0.05, 0.1) is 63.9 Å². The number of alkyl carbamates (subject to hydrolysis) is 1. The van der Waals surface area contributed by atoms with Crippen LogP contribution in [0.25, 0.3) is 38.2 Å². The molecule has 1 atom stereocenters. The van der Waals surface area contributed by atoms with E-state index in [-0.39, 0.29) is 36.8 Å². The topological polar surface area (TPSA) is 132 Å². The van der Waals surface area contributed by atoms with Crippen LogP contribution < -0.4 is 15.6 Å². The SMILES string of the molecule is Cc1ncsc1-c1ccc([C@H](CCCN2CCC(c3cc4c(cc3OCCOCCO)n3c5cccc(Br)c5c(=O)nc3n4C3CCCC3)CC2)NC(=O)OC(C)(C)C)cc1. The maximum Gasteiger partial charge on any atom is 0.408 e. The molecule has 4 heterocycles. The van der Waals surface area contributed by atoms with E-state index < -0.39 is 11.7 Å². The Hall–Kier alpha value is -4.34. The van der Waals surface area contributed by atoms with Gasteiger partial charge in [0.15, 0.2) is 0 Å². The molecule has 2 N–H and O–H groups in total. The molecule has 0 radical (unpaired) electrons. The number of nitrogens with one attached hydrogen (secondary N) is 1. The van der Waals surface area contributed by atoms with Gasteiger partial charge < -0.3 is 34.1 Å². The molecule has 3 aromatic heterocycles. The van der Waals surface area contributed by atoms with Gasteiger partial charge in [-0.3, -0.25) is 9.20 Å². The van der Waals surface area contributed by atoms with E-state index >= 15 is 0 Å². The quantitative estimate of drug-likeness (QED) is 0.0967. The lowest BCUT2D eigenvalue weighted by Crippen LogP contribution is -2.36. The van der Waals surface area contributed by atoms with E-state index in [4.69, 9.17) is 19.2 Å². The van der Waals surface area contributed by atoms with Crippen molar-refractivity contribution in [3.8, 4) is 16.2 Å². The number of benzene rings is 3. The number of hydrogen-bond donors (Lipinski definition) is 2. The van der Waals surface area contributed by atoms with Crippen molar-refractivity contribution in [3.63, 3.8) is 0 Å². The Balaban J connectivity index is 1.03. The number of amides is 1. The molecule has 1 aliphatic carbocycles. The maximum atomic E-state index is 13.6. The van der Waals surface area contributed by atoms with E-state index in [9.17, 15) is 14.7 Å². The number of aliphatic hydroxyl groups is 1. The fourth-order valence-electron chi connectivity index (χ4n) is 9.22. The van der Waals surface area contributed by atoms with Crippen LogP contribution in [-0.4, -0.2) is 86.7 Å². The third kappa shape index (κ3) is 9.68. The second-order valence-corrected chi connectivity index (χ2v) is 19.1. The number of thiazole rings is 1. The van der Waals surface area contributed by atoms with E-state index in [1.807, 2.05) is 51.4 Å². The minimum Gasteiger partial charge on any atom is -0.491 e. The number of ether oxygens (including phenoxy) is 3. The summed E-state index contributed by atoms with van der Waals surface area (Å²) in [5.74, 6) is 1.76. The van der Waals surface area contributed by atoms with Crippen LogP contribution in [0.5, 0.6) is 5.75 Å². The number of aryl methyl sites for hydroxylation is 1. The smallest absolute Gasteiger partial charge is 0.408 e. The summed E-state index contributed by atoms with van der Waals surface area (Å²) in [4.78, 5) is 39.5. The van der Waals surface area contributed by atoms with Crippen LogP contribution in [0.4, 0.5) is 4.79 Å². The van der Waals surface area contributed by atoms with Crippen molar-refractivity contribution in [3.05, 3.63) is 91.8 Å². The third-order valence-corrected chi connectivity index (χ3v) is 13.7. The number of likely N-dealkylation sites (tertiary alicyclic amines) is 1. The number of piperidine rings is 1. The van der Waals surface area contributed by atoms with Crippen LogP contribution in [0, 0.1) is 6.92 Å². The fourth-order valence-corrected chi connectivity index (χ4v) is 10.6. The summed E-state index contributed by atoms with van der Waals surface area (Å²) < 4.78 is 23.0. The minimum atomic E-state index is -0.593. The maximum absolute atomic E-state index is 13.6. The highest BCUT2D eigenvalue weighted by Crippen LogP contribution is 2.42. The lowest BCUT2D eigenvalue weighted by molar-refractivity contribution is 0.0499. The van der Waals surface area contributed by atoms with Gasteiger partial charge in [-0.2, -0.15) is 4.98 Å². The van der Waals surface area contributed by atoms with Crippen molar-refractivity contribution >= 4 is 61.1 Å². The average Bonchev–Trinajstić information content (AvgIpc) is 3.99. The summed E-state index contributed by atoms with van der Waals surface area (Å²) in [6.45, 7) is 11.4. The highest BCUT2D eigenvalue weighted by atomic mass is 79.9. The predicted molar refractivity (Wildman–Crippen MR) is 245 cm³/mol. The molecule has 2 aliphatic rings. The van der Waals surface area contributed by atoms with Crippen LogP contribution in [0.15, 0.2) is 69.4 Å². The highest BCUT2D eigenvalue weighted by molar-refractivity contribution is 9.10. The Kier molecular flexibility index (Phi) is 13.5. The van der Waals surface area contributed by atoms with Crippen LogP contribution in [0.1, 0.15) is 107 Å². The van der Waals surface area contributed by atoms with Gasteiger partial charge in [-0.25, -0.2) is 9.78 Å². The van der Waals surface area contributed by atoms with Crippen molar-refractivity contribution < 1.29 is 24.1 Å². The van der Waals surface area contributed by atoms with E-state index in [0.717, 1.165) is 119 Å². The molecule has 6 aromatic rings. The lowest BCUT2D eigenvalue weighted by Gasteiger charge is -2.33. The number of imidazole rings is 1. The van der Waals surface area contributed by atoms with Crippen molar-refractivity contribution in [2.45, 2.75) is 103 Å². The van der Waals surface area contributed by atoms with Crippen molar-refractivity contribution in [1.29, 1.82) is 0 Å². The Morgan fingerprint density at radius 3 is 2.48 bits per heavy atom. The van der Waals surface area contributed by atoms with Crippen LogP contribution in [-0.2, 0) is 9.47 Å². The molecule has 1 saturated carbocycles. The van der Waals surface area contributed by atoms with Crippen LogP contribution >= 0.6 is 27.3 Å². The van der Waals surface area contributed by atoms with Gasteiger partial charge in [0.25, 0.3) is 5.56 Å². The monoisotopic (exact) mass is 912 g/mol. The molecule has 61 heavy (non-hydrogen) atoms. The number of hydrogen-bond acceptors (Lipinski definition) is 10.